The fourth-order valence-corrected chi connectivity index (χ4v) is 3.79. The van der Waals surface area contributed by atoms with Crippen LogP contribution < -0.4 is 5.32 Å². The summed E-state index contributed by atoms with van der Waals surface area (Å²) in [5, 5.41) is 6.29. The molecule has 1 aromatic heterocycles. The van der Waals surface area contributed by atoms with E-state index in [1.807, 2.05) is 19.2 Å². The second kappa shape index (κ2) is 6.37. The third kappa shape index (κ3) is 3.80. The molecule has 0 atom stereocenters. The summed E-state index contributed by atoms with van der Waals surface area (Å²) in [6.45, 7) is 4.48. The Morgan fingerprint density at radius 2 is 1.95 bits per heavy atom. The highest BCUT2D eigenvalue weighted by molar-refractivity contribution is 7.91. The molecular formula is C14H18N2O2S2. The van der Waals surface area contributed by atoms with Crippen molar-refractivity contribution in [2.45, 2.75) is 31.7 Å². The summed E-state index contributed by atoms with van der Waals surface area (Å²) >= 11 is 1.62. The first-order valence-electron chi connectivity index (χ1n) is 6.49. The van der Waals surface area contributed by atoms with Crippen molar-refractivity contribution in [2.24, 2.45) is 0 Å². The molecule has 0 amide bonds. The van der Waals surface area contributed by atoms with Crippen LogP contribution in [-0.4, -0.2) is 19.2 Å². The molecule has 1 N–H and O–H groups in total. The van der Waals surface area contributed by atoms with Gasteiger partial charge in [-0.05, 0) is 37.6 Å². The molecular weight excluding hydrogens is 292 g/mol. The molecule has 0 saturated carbocycles. The SMILES string of the molecule is CCCS(=O)(=O)c1ccc(NCc2csc(C)n2)cc1. The lowest BCUT2D eigenvalue weighted by Gasteiger charge is -2.06. The first kappa shape index (κ1) is 15.0. The van der Waals surface area contributed by atoms with Gasteiger partial charge in [0.25, 0.3) is 0 Å². The van der Waals surface area contributed by atoms with Crippen LogP contribution in [0.3, 0.4) is 0 Å². The second-order valence-electron chi connectivity index (χ2n) is 4.55. The molecule has 6 heteroatoms. The molecule has 0 bridgehead atoms. The van der Waals surface area contributed by atoms with E-state index in [1.165, 1.54) is 0 Å². The van der Waals surface area contributed by atoms with Gasteiger partial charge in [-0.1, -0.05) is 6.92 Å². The maximum atomic E-state index is 11.9. The largest absolute Gasteiger partial charge is 0.379 e. The first-order valence-corrected chi connectivity index (χ1v) is 9.02. The van der Waals surface area contributed by atoms with Gasteiger partial charge in [-0.2, -0.15) is 0 Å². The summed E-state index contributed by atoms with van der Waals surface area (Å²) in [6.07, 6.45) is 0.630. The smallest absolute Gasteiger partial charge is 0.178 e. The zero-order chi connectivity index (χ0) is 14.6. The minimum Gasteiger partial charge on any atom is -0.379 e. The van der Waals surface area contributed by atoms with Crippen molar-refractivity contribution in [3.63, 3.8) is 0 Å². The second-order valence-corrected chi connectivity index (χ2v) is 7.73. The number of rotatable bonds is 6. The Morgan fingerprint density at radius 3 is 2.50 bits per heavy atom. The molecule has 0 radical (unpaired) electrons. The Morgan fingerprint density at radius 1 is 1.25 bits per heavy atom. The van der Waals surface area contributed by atoms with Crippen molar-refractivity contribution < 1.29 is 8.42 Å². The average Bonchev–Trinajstić information content (AvgIpc) is 2.83. The Labute approximate surface area is 123 Å². The van der Waals surface area contributed by atoms with Gasteiger partial charge >= 0.3 is 0 Å². The third-order valence-electron chi connectivity index (χ3n) is 2.83. The van der Waals surface area contributed by atoms with Gasteiger partial charge in [-0.25, -0.2) is 13.4 Å². The number of aromatic nitrogens is 1. The van der Waals surface area contributed by atoms with E-state index < -0.39 is 9.84 Å². The van der Waals surface area contributed by atoms with Crippen molar-refractivity contribution in [3.05, 3.63) is 40.3 Å². The van der Waals surface area contributed by atoms with Gasteiger partial charge in [0.15, 0.2) is 9.84 Å². The number of benzene rings is 1. The van der Waals surface area contributed by atoms with E-state index >= 15 is 0 Å². The van der Waals surface area contributed by atoms with E-state index in [4.69, 9.17) is 0 Å². The highest BCUT2D eigenvalue weighted by Crippen LogP contribution is 2.17. The first-order chi connectivity index (χ1) is 9.51. The van der Waals surface area contributed by atoms with Gasteiger partial charge in [0, 0.05) is 11.1 Å². The minimum atomic E-state index is -3.13. The van der Waals surface area contributed by atoms with Gasteiger partial charge in [-0.15, -0.1) is 11.3 Å². The van der Waals surface area contributed by atoms with Crippen molar-refractivity contribution in [2.75, 3.05) is 11.1 Å². The number of nitrogens with one attached hydrogen (secondary N) is 1. The molecule has 2 rings (SSSR count). The number of sulfone groups is 1. The lowest BCUT2D eigenvalue weighted by atomic mass is 10.3. The average molecular weight is 310 g/mol. The number of nitrogens with zero attached hydrogens (tertiary/aromatic N) is 1. The molecule has 0 fully saturated rings. The Hall–Kier alpha value is -1.40. The molecule has 2 aromatic rings. The molecule has 0 aliphatic heterocycles. The highest BCUT2D eigenvalue weighted by Gasteiger charge is 2.12. The quantitative estimate of drug-likeness (QED) is 0.890. The van der Waals surface area contributed by atoms with E-state index in [0.29, 0.717) is 17.9 Å². The van der Waals surface area contributed by atoms with Gasteiger partial charge in [0.2, 0.25) is 0 Å². The molecule has 0 aliphatic rings. The fourth-order valence-electron chi connectivity index (χ4n) is 1.85. The zero-order valence-electron chi connectivity index (χ0n) is 11.6. The summed E-state index contributed by atoms with van der Waals surface area (Å²) in [7, 11) is -3.13. The number of thiazole rings is 1. The van der Waals surface area contributed by atoms with Crippen molar-refractivity contribution >= 4 is 26.9 Å². The predicted octanol–water partition coefficient (Wildman–Crippen LogP) is 3.25. The van der Waals surface area contributed by atoms with E-state index in [-0.39, 0.29) is 5.75 Å². The van der Waals surface area contributed by atoms with E-state index in [2.05, 4.69) is 10.3 Å². The monoisotopic (exact) mass is 310 g/mol. The van der Waals surface area contributed by atoms with Gasteiger partial charge in [0.05, 0.1) is 27.9 Å². The molecule has 0 saturated heterocycles. The van der Waals surface area contributed by atoms with Gasteiger partial charge in [-0.3, -0.25) is 0 Å². The van der Waals surface area contributed by atoms with Crippen LogP contribution >= 0.6 is 11.3 Å². The Balaban J connectivity index is 2.01. The lowest BCUT2D eigenvalue weighted by molar-refractivity contribution is 0.595. The molecule has 0 aliphatic carbocycles. The van der Waals surface area contributed by atoms with Crippen molar-refractivity contribution in [3.8, 4) is 0 Å². The van der Waals surface area contributed by atoms with Crippen LogP contribution in [0.15, 0.2) is 34.5 Å². The summed E-state index contributed by atoms with van der Waals surface area (Å²) in [5.74, 6) is 0.192. The number of hydrogen-bond donors (Lipinski definition) is 1. The van der Waals surface area contributed by atoms with Crippen LogP contribution in [0.5, 0.6) is 0 Å². The fraction of sp³-hybridized carbons (Fsp3) is 0.357. The normalized spacial score (nSPS) is 11.5. The van der Waals surface area contributed by atoms with Gasteiger partial charge < -0.3 is 5.32 Å². The van der Waals surface area contributed by atoms with Gasteiger partial charge in [0.1, 0.15) is 0 Å². The maximum Gasteiger partial charge on any atom is 0.178 e. The number of aryl methyl sites for hydroxylation is 1. The molecule has 0 unspecified atom stereocenters. The number of anilines is 1. The van der Waals surface area contributed by atoms with Crippen LogP contribution in [-0.2, 0) is 16.4 Å². The van der Waals surface area contributed by atoms with Crippen LogP contribution in [0, 0.1) is 6.92 Å². The molecule has 4 nitrogen and oxygen atoms in total. The Kier molecular flexibility index (Phi) is 4.77. The molecule has 20 heavy (non-hydrogen) atoms. The summed E-state index contributed by atoms with van der Waals surface area (Å²) in [4.78, 5) is 4.75. The highest BCUT2D eigenvalue weighted by atomic mass is 32.2. The molecule has 1 heterocycles. The molecule has 0 spiro atoms. The topological polar surface area (TPSA) is 59.1 Å². The standard InChI is InChI=1S/C14H18N2O2S2/c1-3-8-20(17,18)14-6-4-12(5-7-14)15-9-13-10-19-11(2)16-13/h4-7,10,15H,3,8-9H2,1-2H3. The molecule has 108 valence electrons. The van der Waals surface area contributed by atoms with E-state index in [0.717, 1.165) is 16.4 Å². The summed E-state index contributed by atoms with van der Waals surface area (Å²) < 4.78 is 23.8. The summed E-state index contributed by atoms with van der Waals surface area (Å²) in [6, 6.07) is 6.89. The lowest BCUT2D eigenvalue weighted by Crippen LogP contribution is -2.06. The zero-order valence-corrected chi connectivity index (χ0v) is 13.2. The predicted molar refractivity (Wildman–Crippen MR) is 83.0 cm³/mol. The van der Waals surface area contributed by atoms with Crippen LogP contribution in [0.25, 0.3) is 0 Å². The summed E-state index contributed by atoms with van der Waals surface area (Å²) in [5.41, 5.74) is 1.89. The minimum absolute atomic E-state index is 0.192. The Bertz CT molecular complexity index is 661. The van der Waals surface area contributed by atoms with E-state index in [9.17, 15) is 8.42 Å². The van der Waals surface area contributed by atoms with Crippen LogP contribution in [0.4, 0.5) is 5.69 Å². The van der Waals surface area contributed by atoms with Crippen LogP contribution in [0.2, 0.25) is 0 Å². The maximum absolute atomic E-state index is 11.9. The molecule has 1 aromatic carbocycles. The third-order valence-corrected chi connectivity index (χ3v) is 5.58. The van der Waals surface area contributed by atoms with E-state index in [1.54, 1.807) is 35.6 Å². The van der Waals surface area contributed by atoms with Crippen molar-refractivity contribution in [1.82, 2.24) is 4.98 Å². The van der Waals surface area contributed by atoms with Crippen molar-refractivity contribution in [1.29, 1.82) is 0 Å². The van der Waals surface area contributed by atoms with Crippen LogP contribution in [0.1, 0.15) is 24.0 Å². The number of hydrogen-bond acceptors (Lipinski definition) is 5.